The number of nitrogens with zero attached hydrogens (tertiary/aromatic N) is 1. The molecule has 26 heavy (non-hydrogen) atoms. The predicted molar refractivity (Wildman–Crippen MR) is 107 cm³/mol. The standard InChI is InChI=1S/C19H25N3O2S2/c1-11-7-8-13-14(9-11)26-18-16(13)17(24)21-19(22-18)25-10-15(23)20-12-5-3-2-4-6-12/h11-12H,2-10H2,1H3,(H,20,23)(H,21,22,24)/t11-/m1/s1. The quantitative estimate of drug-likeness (QED) is 0.616. The van der Waals surface area contributed by atoms with E-state index in [-0.39, 0.29) is 11.5 Å². The molecule has 0 aliphatic heterocycles. The zero-order chi connectivity index (χ0) is 18.1. The van der Waals surface area contributed by atoms with Crippen molar-refractivity contribution < 1.29 is 4.79 Å². The monoisotopic (exact) mass is 391 g/mol. The number of thioether (sulfide) groups is 1. The van der Waals surface area contributed by atoms with Crippen molar-refractivity contribution in [3.05, 3.63) is 20.8 Å². The first-order valence-corrected chi connectivity index (χ1v) is 11.4. The van der Waals surface area contributed by atoms with Crippen molar-refractivity contribution in [1.82, 2.24) is 15.3 Å². The van der Waals surface area contributed by atoms with Crippen LogP contribution in [0.15, 0.2) is 9.95 Å². The first kappa shape index (κ1) is 18.0. The highest BCUT2D eigenvalue weighted by Gasteiger charge is 2.23. The molecule has 2 aliphatic rings. The summed E-state index contributed by atoms with van der Waals surface area (Å²) in [6.07, 6.45) is 8.98. The number of fused-ring (bicyclic) bond motifs is 3. The Morgan fingerprint density at radius 1 is 1.31 bits per heavy atom. The second kappa shape index (κ2) is 7.72. The number of carbonyl (C=O) groups excluding carboxylic acids is 1. The Kier molecular flexibility index (Phi) is 5.36. The number of rotatable bonds is 4. The summed E-state index contributed by atoms with van der Waals surface area (Å²) in [7, 11) is 0. The van der Waals surface area contributed by atoms with E-state index in [4.69, 9.17) is 0 Å². The zero-order valence-electron chi connectivity index (χ0n) is 15.1. The van der Waals surface area contributed by atoms with Crippen molar-refractivity contribution in [2.24, 2.45) is 5.92 Å². The zero-order valence-corrected chi connectivity index (χ0v) is 16.7. The van der Waals surface area contributed by atoms with Crippen molar-refractivity contribution in [2.45, 2.75) is 69.5 Å². The SMILES string of the molecule is C[C@@H]1CCc2c(sc3nc(SCC(=O)NC4CCCCC4)[nH]c(=O)c23)C1. The fraction of sp³-hybridized carbons (Fsp3) is 0.632. The first-order valence-electron chi connectivity index (χ1n) is 9.57. The summed E-state index contributed by atoms with van der Waals surface area (Å²) in [6.45, 7) is 2.26. The number of amides is 1. The molecule has 2 aromatic heterocycles. The average Bonchev–Trinajstić information content (AvgIpc) is 2.98. The maximum atomic E-state index is 12.6. The van der Waals surface area contributed by atoms with Gasteiger partial charge in [-0.05, 0) is 43.6 Å². The predicted octanol–water partition coefficient (Wildman–Crippen LogP) is 3.65. The third-order valence-corrected chi connectivity index (χ3v) is 7.48. The van der Waals surface area contributed by atoms with E-state index in [1.165, 1.54) is 41.5 Å². The molecular weight excluding hydrogens is 366 g/mol. The van der Waals surface area contributed by atoms with E-state index in [1.807, 2.05) is 0 Å². The second-order valence-electron chi connectivity index (χ2n) is 7.59. The number of aryl methyl sites for hydroxylation is 1. The van der Waals surface area contributed by atoms with Gasteiger partial charge in [0.1, 0.15) is 4.83 Å². The Morgan fingerprint density at radius 2 is 2.12 bits per heavy atom. The summed E-state index contributed by atoms with van der Waals surface area (Å²) < 4.78 is 0. The van der Waals surface area contributed by atoms with Crippen LogP contribution in [-0.2, 0) is 17.6 Å². The van der Waals surface area contributed by atoms with Crippen LogP contribution >= 0.6 is 23.1 Å². The lowest BCUT2D eigenvalue weighted by Gasteiger charge is -2.22. The van der Waals surface area contributed by atoms with Crippen LogP contribution < -0.4 is 10.9 Å². The van der Waals surface area contributed by atoms with E-state index in [2.05, 4.69) is 22.2 Å². The lowest BCUT2D eigenvalue weighted by atomic mass is 9.89. The van der Waals surface area contributed by atoms with Gasteiger partial charge in [-0.15, -0.1) is 11.3 Å². The van der Waals surface area contributed by atoms with Gasteiger partial charge in [0.15, 0.2) is 5.16 Å². The summed E-state index contributed by atoms with van der Waals surface area (Å²) >= 11 is 2.97. The van der Waals surface area contributed by atoms with Crippen LogP contribution in [0.3, 0.4) is 0 Å². The number of aromatic nitrogens is 2. The summed E-state index contributed by atoms with van der Waals surface area (Å²) in [5, 5.41) is 4.43. The van der Waals surface area contributed by atoms with Crippen molar-refractivity contribution in [2.75, 3.05) is 5.75 Å². The molecule has 0 aromatic carbocycles. The number of aromatic amines is 1. The smallest absolute Gasteiger partial charge is 0.260 e. The van der Waals surface area contributed by atoms with E-state index in [0.717, 1.165) is 42.3 Å². The lowest BCUT2D eigenvalue weighted by Crippen LogP contribution is -2.37. The first-order chi connectivity index (χ1) is 12.6. The number of nitrogens with one attached hydrogen (secondary N) is 2. The van der Waals surface area contributed by atoms with Gasteiger partial charge in [0, 0.05) is 10.9 Å². The van der Waals surface area contributed by atoms with Gasteiger partial charge in [-0.2, -0.15) is 0 Å². The normalized spacial score (nSPS) is 20.9. The molecule has 1 atom stereocenters. The molecular formula is C19H25N3O2S2. The van der Waals surface area contributed by atoms with Crippen LogP contribution in [0.5, 0.6) is 0 Å². The molecule has 1 saturated carbocycles. The van der Waals surface area contributed by atoms with Crippen molar-refractivity contribution in [3.63, 3.8) is 0 Å². The molecule has 0 saturated heterocycles. The molecule has 7 heteroatoms. The average molecular weight is 392 g/mol. The van der Waals surface area contributed by atoms with Crippen LogP contribution in [0.4, 0.5) is 0 Å². The Labute approximate surface area is 161 Å². The molecule has 0 spiro atoms. The number of hydrogen-bond donors (Lipinski definition) is 2. The van der Waals surface area contributed by atoms with Gasteiger partial charge in [0.25, 0.3) is 5.56 Å². The number of thiophene rings is 1. The van der Waals surface area contributed by atoms with E-state index < -0.39 is 0 Å². The van der Waals surface area contributed by atoms with Crippen molar-refractivity contribution in [3.8, 4) is 0 Å². The van der Waals surface area contributed by atoms with E-state index in [1.54, 1.807) is 11.3 Å². The van der Waals surface area contributed by atoms with Gasteiger partial charge in [-0.25, -0.2) is 4.98 Å². The van der Waals surface area contributed by atoms with Gasteiger partial charge in [0.2, 0.25) is 5.91 Å². The molecule has 0 radical (unpaired) electrons. The molecule has 140 valence electrons. The topological polar surface area (TPSA) is 74.8 Å². The molecule has 1 amide bonds. The number of H-pyrrole nitrogens is 1. The van der Waals surface area contributed by atoms with Gasteiger partial charge >= 0.3 is 0 Å². The fourth-order valence-electron chi connectivity index (χ4n) is 4.05. The summed E-state index contributed by atoms with van der Waals surface area (Å²) in [4.78, 5) is 34.4. The highest BCUT2D eigenvalue weighted by atomic mass is 32.2. The molecule has 0 unspecified atom stereocenters. The van der Waals surface area contributed by atoms with Crippen LogP contribution in [-0.4, -0.2) is 27.7 Å². The molecule has 4 rings (SSSR count). The molecule has 0 bridgehead atoms. The highest BCUT2D eigenvalue weighted by molar-refractivity contribution is 7.99. The highest BCUT2D eigenvalue weighted by Crippen LogP contribution is 2.36. The molecule has 2 heterocycles. The van der Waals surface area contributed by atoms with Crippen molar-refractivity contribution >= 4 is 39.2 Å². The minimum Gasteiger partial charge on any atom is -0.353 e. The largest absolute Gasteiger partial charge is 0.353 e. The van der Waals surface area contributed by atoms with E-state index in [0.29, 0.717) is 22.9 Å². The third-order valence-electron chi connectivity index (χ3n) is 5.45. The number of carbonyl (C=O) groups is 1. The third kappa shape index (κ3) is 3.83. The molecule has 5 nitrogen and oxygen atoms in total. The van der Waals surface area contributed by atoms with Gasteiger partial charge in [0.05, 0.1) is 11.1 Å². The van der Waals surface area contributed by atoms with Crippen LogP contribution in [0, 0.1) is 5.92 Å². The molecule has 1 fully saturated rings. The minimum absolute atomic E-state index is 0.0314. The fourth-order valence-corrected chi connectivity index (χ4v) is 6.16. The summed E-state index contributed by atoms with van der Waals surface area (Å²) in [5.41, 5.74) is 1.14. The maximum absolute atomic E-state index is 12.6. The lowest BCUT2D eigenvalue weighted by molar-refractivity contribution is -0.119. The van der Waals surface area contributed by atoms with Crippen LogP contribution in [0.2, 0.25) is 0 Å². The van der Waals surface area contributed by atoms with Crippen molar-refractivity contribution in [1.29, 1.82) is 0 Å². The van der Waals surface area contributed by atoms with Gasteiger partial charge in [-0.1, -0.05) is 37.9 Å². The molecule has 2 N–H and O–H groups in total. The van der Waals surface area contributed by atoms with Gasteiger partial charge in [-0.3, -0.25) is 9.59 Å². The molecule has 2 aliphatic carbocycles. The Hall–Kier alpha value is -1.34. The summed E-state index contributed by atoms with van der Waals surface area (Å²) in [6, 6.07) is 0.317. The number of hydrogen-bond acceptors (Lipinski definition) is 5. The Morgan fingerprint density at radius 3 is 2.92 bits per heavy atom. The summed E-state index contributed by atoms with van der Waals surface area (Å²) in [5.74, 6) is 1.00. The Balaban J connectivity index is 1.45. The van der Waals surface area contributed by atoms with Gasteiger partial charge < -0.3 is 10.3 Å². The van der Waals surface area contributed by atoms with Crippen LogP contribution in [0.25, 0.3) is 10.2 Å². The maximum Gasteiger partial charge on any atom is 0.260 e. The second-order valence-corrected chi connectivity index (χ2v) is 9.64. The van der Waals surface area contributed by atoms with E-state index in [9.17, 15) is 9.59 Å². The van der Waals surface area contributed by atoms with Crippen LogP contribution in [0.1, 0.15) is 55.9 Å². The minimum atomic E-state index is -0.0581. The van der Waals surface area contributed by atoms with E-state index >= 15 is 0 Å². The molecule has 2 aromatic rings. The Bertz CT molecular complexity index is 868.